The van der Waals surface area contributed by atoms with Crippen LogP contribution < -0.4 is 5.32 Å². The smallest absolute Gasteiger partial charge is 0.133 e. The predicted octanol–water partition coefficient (Wildman–Crippen LogP) is 1.92. The van der Waals surface area contributed by atoms with Crippen molar-refractivity contribution in [3.63, 3.8) is 0 Å². The van der Waals surface area contributed by atoms with Crippen molar-refractivity contribution in [2.45, 2.75) is 51.5 Å². The average Bonchev–Trinajstić information content (AvgIpc) is 2.76. The average molecular weight is 236 g/mol. The van der Waals surface area contributed by atoms with E-state index in [1.54, 1.807) is 6.33 Å². The summed E-state index contributed by atoms with van der Waals surface area (Å²) in [7, 11) is 2.00. The molecule has 1 heterocycles. The van der Waals surface area contributed by atoms with Crippen molar-refractivity contribution in [3.8, 4) is 0 Å². The third-order valence-electron chi connectivity index (χ3n) is 3.98. The molecular weight excluding hydrogens is 212 g/mol. The fraction of sp³-hybridized carbons (Fsp3) is 0.846. The van der Waals surface area contributed by atoms with E-state index in [1.807, 2.05) is 11.6 Å². The van der Waals surface area contributed by atoms with Crippen molar-refractivity contribution in [3.05, 3.63) is 12.2 Å². The summed E-state index contributed by atoms with van der Waals surface area (Å²) in [5, 5.41) is 11.6. The molecule has 96 valence electrons. The van der Waals surface area contributed by atoms with Crippen LogP contribution in [-0.4, -0.2) is 27.4 Å². The van der Waals surface area contributed by atoms with E-state index in [9.17, 15) is 0 Å². The first kappa shape index (κ1) is 12.6. The number of hydrogen-bond acceptors (Lipinski definition) is 3. The second-order valence-electron chi connectivity index (χ2n) is 5.25. The third kappa shape index (κ3) is 3.53. The molecule has 4 heteroatoms. The Morgan fingerprint density at radius 2 is 2.18 bits per heavy atom. The van der Waals surface area contributed by atoms with Gasteiger partial charge < -0.3 is 9.88 Å². The first-order valence-electron chi connectivity index (χ1n) is 6.83. The summed E-state index contributed by atoms with van der Waals surface area (Å²) in [6, 6.07) is 0.642. The normalized spacial score (nSPS) is 19.4. The van der Waals surface area contributed by atoms with E-state index in [0.717, 1.165) is 24.7 Å². The number of aromatic nitrogens is 3. The Bertz CT molecular complexity index is 328. The predicted molar refractivity (Wildman–Crippen MR) is 68.7 cm³/mol. The molecule has 0 saturated heterocycles. The Morgan fingerprint density at radius 1 is 1.41 bits per heavy atom. The standard InChI is InChI=1S/C13H24N4/c1-11(12-6-4-3-5-7-12)14-9-8-13-16-15-10-17(13)2/h10-12,14H,3-9H2,1-2H3. The minimum Gasteiger partial charge on any atom is -0.321 e. The fourth-order valence-electron chi connectivity index (χ4n) is 2.75. The van der Waals surface area contributed by atoms with Crippen LogP contribution in [0.2, 0.25) is 0 Å². The van der Waals surface area contributed by atoms with Gasteiger partial charge in [-0.15, -0.1) is 10.2 Å². The maximum atomic E-state index is 4.10. The van der Waals surface area contributed by atoms with E-state index in [1.165, 1.54) is 32.1 Å². The molecule has 1 saturated carbocycles. The van der Waals surface area contributed by atoms with Gasteiger partial charge in [0, 0.05) is 26.1 Å². The molecule has 0 spiro atoms. The number of nitrogens with zero attached hydrogens (tertiary/aromatic N) is 3. The zero-order valence-electron chi connectivity index (χ0n) is 11.0. The molecule has 0 aromatic carbocycles. The Morgan fingerprint density at radius 3 is 2.82 bits per heavy atom. The molecule has 1 aromatic heterocycles. The topological polar surface area (TPSA) is 42.7 Å². The molecule has 0 radical (unpaired) electrons. The monoisotopic (exact) mass is 236 g/mol. The number of rotatable bonds is 5. The maximum Gasteiger partial charge on any atom is 0.133 e. The highest BCUT2D eigenvalue weighted by atomic mass is 15.2. The van der Waals surface area contributed by atoms with Gasteiger partial charge in [0.05, 0.1) is 0 Å². The lowest BCUT2D eigenvalue weighted by molar-refractivity contribution is 0.282. The lowest BCUT2D eigenvalue weighted by atomic mass is 9.84. The first-order chi connectivity index (χ1) is 8.27. The van der Waals surface area contributed by atoms with Crippen molar-refractivity contribution >= 4 is 0 Å². The van der Waals surface area contributed by atoms with Crippen LogP contribution in [0.5, 0.6) is 0 Å². The van der Waals surface area contributed by atoms with Crippen LogP contribution in [0.15, 0.2) is 6.33 Å². The van der Waals surface area contributed by atoms with Crippen LogP contribution in [0.3, 0.4) is 0 Å². The molecule has 0 aliphatic heterocycles. The number of hydrogen-bond donors (Lipinski definition) is 1. The lowest BCUT2D eigenvalue weighted by Gasteiger charge is -2.28. The maximum absolute atomic E-state index is 4.10. The molecule has 0 bridgehead atoms. The largest absolute Gasteiger partial charge is 0.321 e. The lowest BCUT2D eigenvalue weighted by Crippen LogP contribution is -2.36. The van der Waals surface area contributed by atoms with E-state index >= 15 is 0 Å². The summed E-state index contributed by atoms with van der Waals surface area (Å²) in [6.45, 7) is 3.33. The van der Waals surface area contributed by atoms with E-state index in [4.69, 9.17) is 0 Å². The molecule has 1 fully saturated rings. The van der Waals surface area contributed by atoms with Crippen LogP contribution in [0.1, 0.15) is 44.9 Å². The summed E-state index contributed by atoms with van der Waals surface area (Å²) < 4.78 is 1.99. The minimum atomic E-state index is 0.642. The Balaban J connectivity index is 1.69. The zero-order chi connectivity index (χ0) is 12.1. The number of aryl methyl sites for hydroxylation is 1. The Hall–Kier alpha value is -0.900. The van der Waals surface area contributed by atoms with Gasteiger partial charge in [-0.25, -0.2) is 0 Å². The van der Waals surface area contributed by atoms with Gasteiger partial charge in [-0.05, 0) is 25.7 Å². The molecular formula is C13H24N4. The van der Waals surface area contributed by atoms with E-state index < -0.39 is 0 Å². The summed E-state index contributed by atoms with van der Waals surface area (Å²) in [5.74, 6) is 1.94. The molecule has 1 aromatic rings. The van der Waals surface area contributed by atoms with Crippen LogP contribution in [-0.2, 0) is 13.5 Å². The van der Waals surface area contributed by atoms with Gasteiger partial charge in [0.1, 0.15) is 12.2 Å². The summed E-state index contributed by atoms with van der Waals surface area (Å²) >= 11 is 0. The molecule has 1 aliphatic rings. The van der Waals surface area contributed by atoms with Gasteiger partial charge in [-0.3, -0.25) is 0 Å². The third-order valence-corrected chi connectivity index (χ3v) is 3.98. The fourth-order valence-corrected chi connectivity index (χ4v) is 2.75. The van der Waals surface area contributed by atoms with Crippen LogP contribution >= 0.6 is 0 Å². The molecule has 1 atom stereocenters. The van der Waals surface area contributed by atoms with Crippen molar-refractivity contribution in [1.29, 1.82) is 0 Å². The summed E-state index contributed by atoms with van der Waals surface area (Å²) in [4.78, 5) is 0. The second kappa shape index (κ2) is 6.15. The highest BCUT2D eigenvalue weighted by molar-refractivity contribution is 4.86. The highest BCUT2D eigenvalue weighted by Crippen LogP contribution is 2.26. The van der Waals surface area contributed by atoms with E-state index in [2.05, 4.69) is 22.4 Å². The van der Waals surface area contributed by atoms with Gasteiger partial charge in [0.2, 0.25) is 0 Å². The summed E-state index contributed by atoms with van der Waals surface area (Å²) in [6.07, 6.45) is 9.80. The van der Waals surface area contributed by atoms with Crippen molar-refractivity contribution in [2.75, 3.05) is 6.54 Å². The minimum absolute atomic E-state index is 0.642. The van der Waals surface area contributed by atoms with Gasteiger partial charge in [0.25, 0.3) is 0 Å². The summed E-state index contributed by atoms with van der Waals surface area (Å²) in [5.41, 5.74) is 0. The van der Waals surface area contributed by atoms with Crippen LogP contribution in [0, 0.1) is 5.92 Å². The molecule has 0 amide bonds. The van der Waals surface area contributed by atoms with E-state index in [-0.39, 0.29) is 0 Å². The van der Waals surface area contributed by atoms with Crippen molar-refractivity contribution < 1.29 is 0 Å². The van der Waals surface area contributed by atoms with Gasteiger partial charge >= 0.3 is 0 Å². The molecule has 2 rings (SSSR count). The van der Waals surface area contributed by atoms with Gasteiger partial charge in [-0.1, -0.05) is 19.3 Å². The van der Waals surface area contributed by atoms with Crippen LogP contribution in [0.4, 0.5) is 0 Å². The Labute approximate surface area is 104 Å². The van der Waals surface area contributed by atoms with Crippen molar-refractivity contribution in [2.24, 2.45) is 13.0 Å². The van der Waals surface area contributed by atoms with Crippen molar-refractivity contribution in [1.82, 2.24) is 20.1 Å². The molecule has 1 N–H and O–H groups in total. The van der Waals surface area contributed by atoms with E-state index in [0.29, 0.717) is 6.04 Å². The molecule has 4 nitrogen and oxygen atoms in total. The number of nitrogens with one attached hydrogen (secondary N) is 1. The van der Waals surface area contributed by atoms with Crippen LogP contribution in [0.25, 0.3) is 0 Å². The highest BCUT2D eigenvalue weighted by Gasteiger charge is 2.19. The quantitative estimate of drug-likeness (QED) is 0.849. The second-order valence-corrected chi connectivity index (χ2v) is 5.25. The Kier molecular flexibility index (Phi) is 4.54. The molecule has 1 unspecified atom stereocenters. The zero-order valence-corrected chi connectivity index (χ0v) is 11.0. The van der Waals surface area contributed by atoms with Gasteiger partial charge in [0.15, 0.2) is 0 Å². The SMILES string of the molecule is CC(NCCc1nncn1C)C1CCCCC1. The first-order valence-corrected chi connectivity index (χ1v) is 6.83. The molecule has 1 aliphatic carbocycles. The molecule has 17 heavy (non-hydrogen) atoms. The van der Waals surface area contributed by atoms with Gasteiger partial charge in [-0.2, -0.15) is 0 Å².